The number of nitrogens with two attached hydrogens (primary N) is 1. The lowest BCUT2D eigenvalue weighted by Gasteiger charge is -2.15. The summed E-state index contributed by atoms with van der Waals surface area (Å²) in [6, 6.07) is 12.3. The van der Waals surface area contributed by atoms with Gasteiger partial charge in [0.2, 0.25) is 0 Å². The van der Waals surface area contributed by atoms with Gasteiger partial charge in [0.25, 0.3) is 0 Å². The molecule has 0 bridgehead atoms. The molecular formula is C15H19NOS. The van der Waals surface area contributed by atoms with E-state index in [9.17, 15) is 0 Å². The summed E-state index contributed by atoms with van der Waals surface area (Å²) in [5.74, 6) is 0.920. The summed E-state index contributed by atoms with van der Waals surface area (Å²) >= 11 is 1.77. The second-order valence-electron chi connectivity index (χ2n) is 4.23. The van der Waals surface area contributed by atoms with Crippen molar-refractivity contribution in [1.82, 2.24) is 0 Å². The largest absolute Gasteiger partial charge is 0.493 e. The number of ether oxygens (including phenoxy) is 1. The van der Waals surface area contributed by atoms with E-state index in [1.54, 1.807) is 11.3 Å². The van der Waals surface area contributed by atoms with E-state index in [1.165, 1.54) is 4.88 Å². The Balaban J connectivity index is 1.96. The maximum absolute atomic E-state index is 6.08. The van der Waals surface area contributed by atoms with Crippen LogP contribution in [0.25, 0.3) is 0 Å². The number of para-hydroxylation sites is 1. The molecule has 0 aliphatic heterocycles. The fourth-order valence-corrected chi connectivity index (χ4v) is 2.54. The van der Waals surface area contributed by atoms with Crippen LogP contribution in [-0.4, -0.2) is 6.61 Å². The smallest absolute Gasteiger partial charge is 0.124 e. The van der Waals surface area contributed by atoms with Gasteiger partial charge in [0.1, 0.15) is 5.75 Å². The minimum absolute atomic E-state index is 0.0583. The lowest BCUT2D eigenvalue weighted by Crippen LogP contribution is -2.11. The maximum atomic E-state index is 6.08. The molecule has 0 radical (unpaired) electrons. The minimum atomic E-state index is 0.0583. The molecule has 2 aromatic rings. The molecule has 1 aromatic heterocycles. The van der Waals surface area contributed by atoms with Gasteiger partial charge in [-0.05, 0) is 23.9 Å². The van der Waals surface area contributed by atoms with Crippen molar-refractivity contribution in [2.24, 2.45) is 5.73 Å². The van der Waals surface area contributed by atoms with Crippen LogP contribution in [0.15, 0.2) is 41.8 Å². The Kier molecular flexibility index (Phi) is 4.79. The lowest BCUT2D eigenvalue weighted by atomic mass is 10.0. The van der Waals surface area contributed by atoms with Crippen molar-refractivity contribution < 1.29 is 4.74 Å². The van der Waals surface area contributed by atoms with Gasteiger partial charge < -0.3 is 10.5 Å². The predicted octanol–water partition coefficient (Wildman–Crippen LogP) is 3.78. The first kappa shape index (κ1) is 13.1. The Morgan fingerprint density at radius 1 is 1.22 bits per heavy atom. The highest BCUT2D eigenvalue weighted by molar-refractivity contribution is 7.09. The maximum Gasteiger partial charge on any atom is 0.124 e. The summed E-state index contributed by atoms with van der Waals surface area (Å²) in [5.41, 5.74) is 7.19. The van der Waals surface area contributed by atoms with Crippen LogP contribution in [0.4, 0.5) is 0 Å². The molecule has 0 saturated carbocycles. The van der Waals surface area contributed by atoms with Gasteiger partial charge in [-0.1, -0.05) is 31.2 Å². The molecule has 18 heavy (non-hydrogen) atoms. The van der Waals surface area contributed by atoms with Crippen LogP contribution < -0.4 is 10.5 Å². The third-order valence-electron chi connectivity index (χ3n) is 2.94. The summed E-state index contributed by atoms with van der Waals surface area (Å²) in [4.78, 5) is 1.35. The molecule has 0 fully saturated rings. The van der Waals surface area contributed by atoms with Gasteiger partial charge >= 0.3 is 0 Å². The topological polar surface area (TPSA) is 35.2 Å². The molecule has 96 valence electrons. The molecule has 3 heteroatoms. The van der Waals surface area contributed by atoms with Crippen LogP contribution in [0.3, 0.4) is 0 Å². The van der Waals surface area contributed by atoms with Gasteiger partial charge in [-0.3, -0.25) is 0 Å². The highest BCUT2D eigenvalue weighted by Gasteiger charge is 2.09. The van der Waals surface area contributed by atoms with Crippen LogP contribution in [-0.2, 0) is 6.42 Å². The van der Waals surface area contributed by atoms with E-state index in [0.29, 0.717) is 6.61 Å². The molecule has 0 spiro atoms. The monoisotopic (exact) mass is 261 g/mol. The van der Waals surface area contributed by atoms with E-state index < -0.39 is 0 Å². The summed E-state index contributed by atoms with van der Waals surface area (Å²) in [6.07, 6.45) is 1.87. The molecule has 2 rings (SSSR count). The van der Waals surface area contributed by atoms with Crippen LogP contribution >= 0.6 is 11.3 Å². The van der Waals surface area contributed by atoms with Gasteiger partial charge in [-0.25, -0.2) is 0 Å². The van der Waals surface area contributed by atoms with Crippen LogP contribution in [0.5, 0.6) is 5.75 Å². The highest BCUT2D eigenvalue weighted by Crippen LogP contribution is 2.25. The lowest BCUT2D eigenvalue weighted by molar-refractivity contribution is 0.317. The second-order valence-corrected chi connectivity index (χ2v) is 5.26. The van der Waals surface area contributed by atoms with Crippen LogP contribution in [0.2, 0.25) is 0 Å². The number of rotatable bonds is 6. The van der Waals surface area contributed by atoms with Gasteiger partial charge in [-0.15, -0.1) is 11.3 Å². The van der Waals surface area contributed by atoms with Gasteiger partial charge in [-0.2, -0.15) is 0 Å². The average molecular weight is 261 g/mol. The van der Waals surface area contributed by atoms with E-state index in [2.05, 4.69) is 30.5 Å². The molecule has 0 amide bonds. The Morgan fingerprint density at radius 2 is 2.06 bits per heavy atom. The first-order valence-corrected chi connectivity index (χ1v) is 7.19. The molecule has 0 unspecified atom stereocenters. The molecule has 0 aliphatic rings. The summed E-state index contributed by atoms with van der Waals surface area (Å²) in [6.45, 7) is 2.79. The summed E-state index contributed by atoms with van der Waals surface area (Å²) < 4.78 is 5.86. The molecule has 1 heterocycles. The van der Waals surface area contributed by atoms with E-state index >= 15 is 0 Å². The third kappa shape index (κ3) is 3.34. The fourth-order valence-electron chi connectivity index (χ4n) is 1.85. The number of benzene rings is 1. The van der Waals surface area contributed by atoms with Crippen LogP contribution in [0, 0.1) is 0 Å². The molecule has 2 N–H and O–H groups in total. The van der Waals surface area contributed by atoms with Gasteiger partial charge in [0, 0.05) is 22.9 Å². The van der Waals surface area contributed by atoms with Crippen molar-refractivity contribution in [3.63, 3.8) is 0 Å². The predicted molar refractivity (Wildman–Crippen MR) is 77.2 cm³/mol. The van der Waals surface area contributed by atoms with E-state index in [4.69, 9.17) is 10.5 Å². The van der Waals surface area contributed by atoms with Crippen molar-refractivity contribution in [2.45, 2.75) is 25.8 Å². The Labute approximate surface area is 112 Å². The third-order valence-corrected chi connectivity index (χ3v) is 3.88. The molecule has 1 atom stereocenters. The Morgan fingerprint density at radius 3 is 2.78 bits per heavy atom. The normalized spacial score (nSPS) is 12.3. The summed E-state index contributed by atoms with van der Waals surface area (Å²) in [5, 5.41) is 2.09. The molecule has 1 aromatic carbocycles. The number of hydrogen-bond donors (Lipinski definition) is 1. The summed E-state index contributed by atoms with van der Waals surface area (Å²) in [7, 11) is 0. The minimum Gasteiger partial charge on any atom is -0.493 e. The van der Waals surface area contributed by atoms with Crippen molar-refractivity contribution in [3.05, 3.63) is 52.2 Å². The SMILES string of the molecule is CC[C@H](N)c1ccccc1OCCc1cccs1. The van der Waals surface area contributed by atoms with Crippen molar-refractivity contribution in [3.8, 4) is 5.75 Å². The first-order valence-electron chi connectivity index (χ1n) is 6.31. The quantitative estimate of drug-likeness (QED) is 0.859. The van der Waals surface area contributed by atoms with Crippen molar-refractivity contribution >= 4 is 11.3 Å². The number of hydrogen-bond acceptors (Lipinski definition) is 3. The van der Waals surface area contributed by atoms with Crippen molar-refractivity contribution in [1.29, 1.82) is 0 Å². The van der Waals surface area contributed by atoms with E-state index in [-0.39, 0.29) is 6.04 Å². The Hall–Kier alpha value is -1.32. The van der Waals surface area contributed by atoms with E-state index in [1.807, 2.05) is 18.2 Å². The van der Waals surface area contributed by atoms with Gasteiger partial charge in [0.05, 0.1) is 6.61 Å². The zero-order chi connectivity index (χ0) is 12.8. The molecule has 0 saturated heterocycles. The standard InChI is InChI=1S/C15H19NOS/c1-2-14(16)13-7-3-4-8-15(13)17-10-9-12-6-5-11-18-12/h3-8,11,14H,2,9-10,16H2,1H3/t14-/m0/s1. The first-order chi connectivity index (χ1) is 8.81. The molecule has 2 nitrogen and oxygen atoms in total. The Bertz CT molecular complexity index is 467. The van der Waals surface area contributed by atoms with Crippen LogP contribution in [0.1, 0.15) is 29.8 Å². The zero-order valence-corrected chi connectivity index (χ0v) is 11.5. The highest BCUT2D eigenvalue weighted by atomic mass is 32.1. The van der Waals surface area contributed by atoms with E-state index in [0.717, 1.165) is 24.2 Å². The second kappa shape index (κ2) is 6.57. The van der Waals surface area contributed by atoms with Gasteiger partial charge in [0.15, 0.2) is 0 Å². The fraction of sp³-hybridized carbons (Fsp3) is 0.333. The molecular weight excluding hydrogens is 242 g/mol. The molecule has 0 aliphatic carbocycles. The number of thiophene rings is 1. The van der Waals surface area contributed by atoms with Crippen molar-refractivity contribution in [2.75, 3.05) is 6.61 Å². The zero-order valence-electron chi connectivity index (χ0n) is 10.6. The average Bonchev–Trinajstić information content (AvgIpc) is 2.92.